The van der Waals surface area contributed by atoms with Crippen LogP contribution in [0.25, 0.3) is 0 Å². The molecule has 0 saturated heterocycles. The van der Waals surface area contributed by atoms with Crippen LogP contribution in [0.4, 0.5) is 0 Å². The Kier molecular flexibility index (Phi) is 5.47. The second kappa shape index (κ2) is 7.86. The lowest BCUT2D eigenvalue weighted by Gasteiger charge is -2.10. The van der Waals surface area contributed by atoms with E-state index < -0.39 is 0 Å². The van der Waals surface area contributed by atoms with Crippen LogP contribution < -0.4 is 0 Å². The van der Waals surface area contributed by atoms with Crippen LogP contribution in [0.2, 0.25) is 0 Å². The van der Waals surface area contributed by atoms with Crippen molar-refractivity contribution >= 4 is 0 Å². The molecule has 0 fully saturated rings. The molecule has 3 nitrogen and oxygen atoms in total. The molecule has 0 aliphatic carbocycles. The van der Waals surface area contributed by atoms with Crippen LogP contribution in [-0.4, -0.2) is 19.3 Å². The highest BCUT2D eigenvalue weighted by Gasteiger charge is 2.03. The van der Waals surface area contributed by atoms with Crippen molar-refractivity contribution in [1.82, 2.24) is 0 Å². The van der Waals surface area contributed by atoms with Crippen LogP contribution in [0.15, 0.2) is 30.3 Å². The van der Waals surface area contributed by atoms with Gasteiger partial charge in [-0.25, -0.2) is 0 Å². The van der Waals surface area contributed by atoms with E-state index in [2.05, 4.69) is 11.2 Å². The summed E-state index contributed by atoms with van der Waals surface area (Å²) in [4.78, 5) is 0. The lowest BCUT2D eigenvalue weighted by molar-refractivity contribution is 0.0238. The average molecular weight is 221 g/mol. The molecule has 0 aliphatic rings. The smallest absolute Gasteiger partial charge is 0.211 e. The number of hydrogen-bond acceptors (Lipinski definition) is 3. The maximum absolute atomic E-state index is 8.41. The minimum absolute atomic E-state index is 0.243. The molecule has 1 rings (SSSR count). The summed E-state index contributed by atoms with van der Waals surface area (Å²) in [6, 6.07) is 11.9. The van der Waals surface area contributed by atoms with Crippen molar-refractivity contribution in [3.8, 4) is 6.07 Å². The Balaban J connectivity index is 2.17. The van der Waals surface area contributed by atoms with E-state index >= 15 is 0 Å². The topological polar surface area (TPSA) is 53.2 Å². The summed E-state index contributed by atoms with van der Waals surface area (Å²) in [5, 5.41) is 13.0. The van der Waals surface area contributed by atoms with Crippen molar-refractivity contribution in [3.63, 3.8) is 0 Å². The second-order valence-electron chi connectivity index (χ2n) is 3.67. The van der Waals surface area contributed by atoms with Gasteiger partial charge in [0, 0.05) is 6.42 Å². The quantitative estimate of drug-likeness (QED) is 0.685. The number of benzene rings is 1. The fraction of sp³-hybridized carbons (Fsp3) is 0.462. The molecule has 0 heterocycles. The predicted octanol–water partition coefficient (Wildman–Crippen LogP) is 2.26. The highest BCUT2D eigenvalue weighted by atomic mass is 16.5. The first-order valence-corrected chi connectivity index (χ1v) is 5.47. The number of unbranched alkanes of at least 4 members (excludes halogenated alkanes) is 1. The number of aliphatic hydroxyl groups is 1. The van der Waals surface area contributed by atoms with Gasteiger partial charge in [-0.2, -0.15) is 5.26 Å². The van der Waals surface area contributed by atoms with E-state index in [1.165, 1.54) is 0 Å². The van der Waals surface area contributed by atoms with Gasteiger partial charge in [0.05, 0.1) is 25.4 Å². The maximum Gasteiger partial charge on any atom is 0.211 e. The minimum Gasteiger partial charge on any atom is -0.391 e. The molecule has 16 heavy (non-hydrogen) atoms. The van der Waals surface area contributed by atoms with Gasteiger partial charge < -0.3 is 9.85 Å². The van der Waals surface area contributed by atoms with Gasteiger partial charge >= 0.3 is 0 Å². The normalized spacial score (nSPS) is 12.8. The summed E-state index contributed by atoms with van der Waals surface area (Å²) in [6.45, 7) is 0.919. The van der Waals surface area contributed by atoms with Gasteiger partial charge in [0.25, 0.3) is 0 Å². The average Bonchev–Trinajstić information content (AvgIpc) is 2.38. The standard InChI is InChI=1S/C13H17NO2/c14-9-5-4-8-13(15)11-16-10-12-6-2-1-3-7-12/h1-3,6-7,13,15H,4-5,8,10-11H2/t13-/m1/s1/i15T. The molecule has 3 heteroatoms. The third kappa shape index (κ3) is 5.50. The van der Waals surface area contributed by atoms with Crippen molar-refractivity contribution in [1.29, 1.82) is 6.69 Å². The SMILES string of the molecule is [3H]O[C@H](CCCC#N)COCc1ccccc1. The van der Waals surface area contributed by atoms with Gasteiger partial charge in [-0.05, 0) is 18.4 Å². The lowest BCUT2D eigenvalue weighted by atomic mass is 10.2. The zero-order valence-electron chi connectivity index (χ0n) is 10.3. The summed E-state index contributed by atoms with van der Waals surface area (Å²) in [6.07, 6.45) is 1.69. The molecule has 0 saturated carbocycles. The number of rotatable bonds is 8. The largest absolute Gasteiger partial charge is 0.391 e. The summed E-state index contributed by atoms with van der Waals surface area (Å²) in [5.41, 5.74) is 1.10. The first-order valence-electron chi connectivity index (χ1n) is 5.88. The maximum atomic E-state index is 8.41. The van der Waals surface area contributed by atoms with E-state index in [0.717, 1.165) is 12.0 Å². The van der Waals surface area contributed by atoms with E-state index in [0.29, 0.717) is 26.1 Å². The molecule has 0 bridgehead atoms. The molecule has 86 valence electrons. The minimum atomic E-state index is -0.243. The van der Waals surface area contributed by atoms with E-state index in [9.17, 15) is 0 Å². The van der Waals surface area contributed by atoms with Crippen LogP contribution in [0.5, 0.6) is 0 Å². The molecule has 1 N–H and O–H groups in total. The van der Waals surface area contributed by atoms with Crippen molar-refractivity contribution in [2.24, 2.45) is 0 Å². The van der Waals surface area contributed by atoms with Crippen LogP contribution in [0.1, 0.15) is 24.8 Å². The Morgan fingerprint density at radius 1 is 1.44 bits per heavy atom. The molecule has 1 aromatic rings. The van der Waals surface area contributed by atoms with Gasteiger partial charge in [-0.15, -0.1) is 0 Å². The fourth-order valence-corrected chi connectivity index (χ4v) is 1.37. The van der Waals surface area contributed by atoms with Crippen LogP contribution >= 0.6 is 0 Å². The molecule has 0 spiro atoms. The summed E-state index contributed by atoms with van der Waals surface area (Å²) >= 11 is 0. The number of ether oxygens (including phenoxy) is 1. The number of hydrogen-bond donors (Lipinski definition) is 1. The number of nitrogens with zero attached hydrogens (tertiary/aromatic N) is 1. The fourth-order valence-electron chi connectivity index (χ4n) is 1.37. The monoisotopic (exact) mass is 221 g/mol. The molecule has 1 atom stereocenters. The molecular weight excluding hydrogens is 202 g/mol. The summed E-state index contributed by atoms with van der Waals surface area (Å²) in [5.74, 6) is 0. The number of nitriles is 1. The summed E-state index contributed by atoms with van der Waals surface area (Å²) < 4.78 is 12.4. The van der Waals surface area contributed by atoms with Gasteiger partial charge in [0.1, 0.15) is 0 Å². The summed E-state index contributed by atoms with van der Waals surface area (Å²) in [7, 11) is 0. The van der Waals surface area contributed by atoms with Crippen molar-refractivity contribution in [2.45, 2.75) is 32.0 Å². The first-order chi connectivity index (χ1) is 8.36. The molecule has 0 unspecified atom stereocenters. The van der Waals surface area contributed by atoms with Crippen molar-refractivity contribution in [3.05, 3.63) is 35.9 Å². The Hall–Kier alpha value is -1.37. The van der Waals surface area contributed by atoms with Crippen molar-refractivity contribution < 1.29 is 9.85 Å². The predicted molar refractivity (Wildman–Crippen MR) is 61.6 cm³/mol. The Bertz CT molecular complexity index is 337. The van der Waals surface area contributed by atoms with Gasteiger partial charge in [0.15, 0.2) is 0 Å². The van der Waals surface area contributed by atoms with Gasteiger partial charge in [-0.3, -0.25) is 0 Å². The molecule has 0 radical (unpaired) electrons. The molecule has 0 aromatic heterocycles. The third-order valence-corrected chi connectivity index (χ3v) is 2.23. The van der Waals surface area contributed by atoms with Gasteiger partial charge in [0.2, 0.25) is 1.43 Å². The molecular formula is C13H17NO2. The Morgan fingerprint density at radius 3 is 2.94 bits per heavy atom. The number of aliphatic hydroxyl groups excluding tert-OH is 1. The van der Waals surface area contributed by atoms with Gasteiger partial charge in [-0.1, -0.05) is 30.3 Å². The van der Waals surface area contributed by atoms with Crippen LogP contribution in [0.3, 0.4) is 0 Å². The highest BCUT2D eigenvalue weighted by Crippen LogP contribution is 2.04. The Morgan fingerprint density at radius 2 is 2.25 bits per heavy atom. The van der Waals surface area contributed by atoms with Crippen molar-refractivity contribution in [2.75, 3.05) is 6.61 Å². The first kappa shape index (κ1) is 11.1. The second-order valence-corrected chi connectivity index (χ2v) is 3.67. The molecule has 0 aliphatic heterocycles. The third-order valence-electron chi connectivity index (χ3n) is 2.23. The van der Waals surface area contributed by atoms with E-state index in [1.54, 1.807) is 0 Å². The zero-order chi connectivity index (χ0) is 12.3. The van der Waals surface area contributed by atoms with E-state index in [-0.39, 0.29) is 6.10 Å². The zero-order valence-corrected chi connectivity index (χ0v) is 9.26. The van der Waals surface area contributed by atoms with E-state index in [1.807, 2.05) is 30.3 Å². The highest BCUT2D eigenvalue weighted by molar-refractivity contribution is 5.13. The Labute approximate surface area is 97.8 Å². The van der Waals surface area contributed by atoms with Crippen LogP contribution in [0, 0.1) is 11.3 Å². The lowest BCUT2D eigenvalue weighted by Crippen LogP contribution is -2.14. The van der Waals surface area contributed by atoms with E-state index in [4.69, 9.17) is 11.4 Å². The molecule has 0 amide bonds. The molecule has 1 aromatic carbocycles. The van der Waals surface area contributed by atoms with Crippen LogP contribution in [-0.2, 0) is 11.3 Å².